The van der Waals surface area contributed by atoms with Crippen molar-refractivity contribution >= 4 is 0 Å². The van der Waals surface area contributed by atoms with E-state index in [0.29, 0.717) is 0 Å². The van der Waals surface area contributed by atoms with Crippen molar-refractivity contribution in [1.82, 2.24) is 15.1 Å². The molecule has 1 aliphatic carbocycles. The van der Waals surface area contributed by atoms with Gasteiger partial charge in [-0.1, -0.05) is 0 Å². The van der Waals surface area contributed by atoms with E-state index in [4.69, 9.17) is 0 Å². The summed E-state index contributed by atoms with van der Waals surface area (Å²) in [6.07, 6.45) is 6.79. The third kappa shape index (κ3) is 3.01. The van der Waals surface area contributed by atoms with Crippen LogP contribution < -0.4 is 5.32 Å². The van der Waals surface area contributed by atoms with Gasteiger partial charge in [0.05, 0.1) is 0 Å². The first kappa shape index (κ1) is 13.3. The molecule has 3 heteroatoms. The van der Waals surface area contributed by atoms with Crippen LogP contribution in [0.25, 0.3) is 0 Å². The molecule has 0 radical (unpaired) electrons. The van der Waals surface area contributed by atoms with Crippen molar-refractivity contribution in [2.24, 2.45) is 0 Å². The highest BCUT2D eigenvalue weighted by molar-refractivity contribution is 4.90. The third-order valence-electron chi connectivity index (χ3n) is 5.12. The molecule has 2 unspecified atom stereocenters. The minimum absolute atomic E-state index is 0.760. The predicted octanol–water partition coefficient (Wildman–Crippen LogP) is 1.54. The highest BCUT2D eigenvalue weighted by atomic mass is 15.3. The van der Waals surface area contributed by atoms with E-state index in [9.17, 15) is 0 Å². The second-order valence-electron chi connectivity index (χ2n) is 6.14. The van der Waals surface area contributed by atoms with Crippen LogP contribution in [0.5, 0.6) is 0 Å². The number of likely N-dealkylation sites (tertiary alicyclic amines) is 1. The molecule has 100 valence electrons. The number of rotatable bonds is 3. The molecule has 0 bridgehead atoms. The zero-order valence-electron chi connectivity index (χ0n) is 11.9. The molecule has 1 saturated carbocycles. The number of likely N-dealkylation sites (N-methyl/N-ethyl adjacent to an activating group) is 2. The van der Waals surface area contributed by atoms with Gasteiger partial charge in [-0.3, -0.25) is 4.90 Å². The summed E-state index contributed by atoms with van der Waals surface area (Å²) in [4.78, 5) is 5.17. The SMILES string of the molecule is CNC1CCC(N(C)C2CC(C)N(C)C2)CC1. The molecule has 0 aromatic rings. The maximum absolute atomic E-state index is 3.42. The van der Waals surface area contributed by atoms with E-state index in [0.717, 1.165) is 24.2 Å². The molecule has 1 aliphatic heterocycles. The fourth-order valence-electron chi connectivity index (χ4n) is 3.53. The van der Waals surface area contributed by atoms with Crippen molar-refractivity contribution in [1.29, 1.82) is 0 Å². The lowest BCUT2D eigenvalue weighted by molar-refractivity contribution is 0.130. The highest BCUT2D eigenvalue weighted by Gasteiger charge is 2.33. The summed E-state index contributed by atoms with van der Waals surface area (Å²) in [6.45, 7) is 3.61. The lowest BCUT2D eigenvalue weighted by atomic mass is 9.89. The largest absolute Gasteiger partial charge is 0.317 e. The maximum atomic E-state index is 3.42. The van der Waals surface area contributed by atoms with Crippen molar-refractivity contribution in [2.75, 3.05) is 27.7 Å². The van der Waals surface area contributed by atoms with Gasteiger partial charge in [0.2, 0.25) is 0 Å². The Labute approximate surface area is 107 Å². The van der Waals surface area contributed by atoms with Crippen LogP contribution in [0.2, 0.25) is 0 Å². The van der Waals surface area contributed by atoms with Crippen LogP contribution in [-0.4, -0.2) is 61.7 Å². The van der Waals surface area contributed by atoms with Crippen molar-refractivity contribution in [3.8, 4) is 0 Å². The summed E-state index contributed by atoms with van der Waals surface area (Å²) in [5.41, 5.74) is 0. The van der Waals surface area contributed by atoms with Crippen LogP contribution in [0.1, 0.15) is 39.0 Å². The monoisotopic (exact) mass is 239 g/mol. The van der Waals surface area contributed by atoms with E-state index in [2.05, 4.69) is 43.2 Å². The molecule has 3 nitrogen and oxygen atoms in total. The number of hydrogen-bond donors (Lipinski definition) is 1. The molecule has 2 rings (SSSR count). The zero-order chi connectivity index (χ0) is 12.4. The average molecular weight is 239 g/mol. The zero-order valence-corrected chi connectivity index (χ0v) is 11.9. The van der Waals surface area contributed by atoms with Gasteiger partial charge in [0.25, 0.3) is 0 Å². The standard InChI is InChI=1S/C14H29N3/c1-11-9-14(10-16(11)3)17(4)13-7-5-12(15-2)6-8-13/h11-15H,5-10H2,1-4H3. The molecule has 1 heterocycles. The van der Waals surface area contributed by atoms with Gasteiger partial charge in [-0.25, -0.2) is 0 Å². The van der Waals surface area contributed by atoms with E-state index >= 15 is 0 Å². The van der Waals surface area contributed by atoms with Gasteiger partial charge in [0.15, 0.2) is 0 Å². The second kappa shape index (κ2) is 5.68. The van der Waals surface area contributed by atoms with Crippen LogP contribution in [-0.2, 0) is 0 Å². The van der Waals surface area contributed by atoms with Crippen LogP contribution in [0, 0.1) is 0 Å². The fraction of sp³-hybridized carbons (Fsp3) is 1.00. The van der Waals surface area contributed by atoms with E-state index in [1.54, 1.807) is 0 Å². The third-order valence-corrected chi connectivity index (χ3v) is 5.12. The Hall–Kier alpha value is -0.120. The summed E-state index contributed by atoms with van der Waals surface area (Å²) in [7, 11) is 6.71. The fourth-order valence-corrected chi connectivity index (χ4v) is 3.53. The highest BCUT2D eigenvalue weighted by Crippen LogP contribution is 2.27. The van der Waals surface area contributed by atoms with Crippen LogP contribution in [0.3, 0.4) is 0 Å². The van der Waals surface area contributed by atoms with E-state index in [1.807, 2.05) is 0 Å². The first-order valence-electron chi connectivity index (χ1n) is 7.21. The lowest BCUT2D eigenvalue weighted by Gasteiger charge is -2.37. The quantitative estimate of drug-likeness (QED) is 0.806. The first-order valence-corrected chi connectivity index (χ1v) is 7.21. The van der Waals surface area contributed by atoms with Crippen molar-refractivity contribution in [2.45, 2.75) is 63.2 Å². The number of hydrogen-bond acceptors (Lipinski definition) is 3. The summed E-state index contributed by atoms with van der Waals surface area (Å²) in [5, 5.41) is 3.42. The average Bonchev–Trinajstić information content (AvgIpc) is 2.69. The van der Waals surface area contributed by atoms with Gasteiger partial charge in [0.1, 0.15) is 0 Å². The van der Waals surface area contributed by atoms with Crippen molar-refractivity contribution in [3.05, 3.63) is 0 Å². The topological polar surface area (TPSA) is 18.5 Å². The lowest BCUT2D eigenvalue weighted by Crippen LogP contribution is -2.45. The van der Waals surface area contributed by atoms with Gasteiger partial charge in [-0.2, -0.15) is 0 Å². The van der Waals surface area contributed by atoms with Gasteiger partial charge >= 0.3 is 0 Å². The molecule has 2 fully saturated rings. The van der Waals surface area contributed by atoms with Crippen molar-refractivity contribution in [3.63, 3.8) is 0 Å². The Morgan fingerprint density at radius 3 is 2.24 bits per heavy atom. The Bertz CT molecular complexity index is 226. The Morgan fingerprint density at radius 1 is 1.12 bits per heavy atom. The van der Waals surface area contributed by atoms with E-state index in [-0.39, 0.29) is 0 Å². The van der Waals surface area contributed by atoms with Gasteiger partial charge in [0, 0.05) is 30.7 Å². The molecule has 0 amide bonds. The number of nitrogens with zero attached hydrogens (tertiary/aromatic N) is 2. The summed E-state index contributed by atoms with van der Waals surface area (Å²) < 4.78 is 0. The van der Waals surface area contributed by atoms with Crippen LogP contribution in [0.4, 0.5) is 0 Å². The molecule has 2 atom stereocenters. The molecule has 0 aromatic heterocycles. The van der Waals surface area contributed by atoms with Gasteiger partial charge < -0.3 is 10.2 Å². The Morgan fingerprint density at radius 2 is 1.76 bits per heavy atom. The molecular weight excluding hydrogens is 210 g/mol. The smallest absolute Gasteiger partial charge is 0.0237 e. The Kier molecular flexibility index (Phi) is 4.45. The minimum Gasteiger partial charge on any atom is -0.317 e. The predicted molar refractivity (Wildman–Crippen MR) is 73.4 cm³/mol. The first-order chi connectivity index (χ1) is 8.11. The Balaban J connectivity index is 1.83. The molecule has 1 saturated heterocycles. The van der Waals surface area contributed by atoms with Gasteiger partial charge in [-0.05, 0) is 60.2 Å². The summed E-state index contributed by atoms with van der Waals surface area (Å²) in [6, 6.07) is 3.13. The molecule has 2 aliphatic rings. The number of nitrogens with one attached hydrogen (secondary N) is 1. The van der Waals surface area contributed by atoms with Crippen LogP contribution in [0.15, 0.2) is 0 Å². The normalized spacial score (nSPS) is 40.1. The molecule has 0 aromatic carbocycles. The van der Waals surface area contributed by atoms with E-state index < -0.39 is 0 Å². The van der Waals surface area contributed by atoms with Crippen molar-refractivity contribution < 1.29 is 0 Å². The van der Waals surface area contributed by atoms with Crippen LogP contribution >= 0.6 is 0 Å². The van der Waals surface area contributed by atoms with Gasteiger partial charge in [-0.15, -0.1) is 0 Å². The van der Waals surface area contributed by atoms with E-state index in [1.165, 1.54) is 38.6 Å². The summed E-state index contributed by atoms with van der Waals surface area (Å²) in [5.74, 6) is 0. The molecule has 0 spiro atoms. The molecular formula is C14H29N3. The second-order valence-corrected chi connectivity index (χ2v) is 6.14. The minimum atomic E-state index is 0.760. The summed E-state index contributed by atoms with van der Waals surface area (Å²) >= 11 is 0. The maximum Gasteiger partial charge on any atom is 0.0237 e. The molecule has 17 heavy (non-hydrogen) atoms. The molecule has 1 N–H and O–H groups in total.